The molecule has 102 valence electrons. The van der Waals surface area contributed by atoms with Crippen LogP contribution in [0.3, 0.4) is 0 Å². The molecule has 0 bridgehead atoms. The maximum Gasteiger partial charge on any atom is 0.0251 e. The van der Waals surface area contributed by atoms with E-state index in [1.165, 1.54) is 32.1 Å². The first-order valence-corrected chi connectivity index (χ1v) is 7.55. The zero-order valence-corrected chi connectivity index (χ0v) is 12.5. The molecule has 1 saturated carbocycles. The maximum absolute atomic E-state index is 3.69. The Labute approximate surface area is 108 Å². The van der Waals surface area contributed by atoms with Crippen LogP contribution >= 0.6 is 0 Å². The second-order valence-electron chi connectivity index (χ2n) is 5.95. The summed E-state index contributed by atoms with van der Waals surface area (Å²) in [6.07, 6.45) is 6.72. The molecule has 1 rings (SSSR count). The van der Waals surface area contributed by atoms with E-state index in [4.69, 9.17) is 0 Å². The van der Waals surface area contributed by atoms with Crippen molar-refractivity contribution in [2.75, 3.05) is 13.6 Å². The molecule has 0 saturated heterocycles. The maximum atomic E-state index is 3.69. The van der Waals surface area contributed by atoms with Gasteiger partial charge in [0.05, 0.1) is 0 Å². The quantitative estimate of drug-likeness (QED) is 0.766. The van der Waals surface area contributed by atoms with E-state index in [-0.39, 0.29) is 0 Å². The highest BCUT2D eigenvalue weighted by atomic mass is 15.2. The fourth-order valence-corrected chi connectivity index (χ4v) is 3.25. The van der Waals surface area contributed by atoms with E-state index in [2.05, 4.69) is 45.0 Å². The first-order chi connectivity index (χ1) is 8.10. The van der Waals surface area contributed by atoms with Gasteiger partial charge in [-0.05, 0) is 52.1 Å². The SMILES string of the molecule is CCCC(C)N(C)C1CC(C)CCC1NCC. The monoisotopic (exact) mass is 240 g/mol. The Bertz CT molecular complexity index is 205. The molecule has 2 nitrogen and oxygen atoms in total. The summed E-state index contributed by atoms with van der Waals surface area (Å²) in [4.78, 5) is 2.63. The van der Waals surface area contributed by atoms with Crippen LogP contribution in [0.1, 0.15) is 59.8 Å². The summed E-state index contributed by atoms with van der Waals surface area (Å²) in [5.74, 6) is 0.895. The van der Waals surface area contributed by atoms with Gasteiger partial charge in [-0.15, -0.1) is 0 Å². The predicted octanol–water partition coefficient (Wildman–Crippen LogP) is 3.27. The molecular weight excluding hydrogens is 208 g/mol. The predicted molar refractivity (Wildman–Crippen MR) is 76.4 cm³/mol. The number of likely N-dealkylation sites (N-methyl/N-ethyl adjacent to an activating group) is 2. The van der Waals surface area contributed by atoms with Gasteiger partial charge >= 0.3 is 0 Å². The van der Waals surface area contributed by atoms with Crippen LogP contribution in [0.25, 0.3) is 0 Å². The Hall–Kier alpha value is -0.0800. The summed E-state index contributed by atoms with van der Waals surface area (Å²) < 4.78 is 0. The van der Waals surface area contributed by atoms with Crippen LogP contribution in [-0.4, -0.2) is 36.6 Å². The van der Waals surface area contributed by atoms with E-state index in [1.54, 1.807) is 0 Å². The van der Waals surface area contributed by atoms with Crippen molar-refractivity contribution in [2.24, 2.45) is 5.92 Å². The standard InChI is InChI=1S/C15H32N2/c1-6-8-13(4)17(5)15-11-12(3)9-10-14(15)16-7-2/h12-16H,6-11H2,1-5H3. The average Bonchev–Trinajstić information content (AvgIpc) is 2.31. The first-order valence-electron chi connectivity index (χ1n) is 7.55. The summed E-state index contributed by atoms with van der Waals surface area (Å²) in [6.45, 7) is 10.4. The van der Waals surface area contributed by atoms with Crippen LogP contribution in [0.4, 0.5) is 0 Å². The summed E-state index contributed by atoms with van der Waals surface area (Å²) in [6, 6.07) is 2.16. The van der Waals surface area contributed by atoms with Crippen LogP contribution in [-0.2, 0) is 0 Å². The number of hydrogen-bond acceptors (Lipinski definition) is 2. The highest BCUT2D eigenvalue weighted by Gasteiger charge is 2.32. The van der Waals surface area contributed by atoms with Crippen molar-refractivity contribution in [1.29, 1.82) is 0 Å². The lowest BCUT2D eigenvalue weighted by Gasteiger charge is -2.43. The van der Waals surface area contributed by atoms with Crippen LogP contribution < -0.4 is 5.32 Å². The minimum Gasteiger partial charge on any atom is -0.313 e. The summed E-state index contributed by atoms with van der Waals surface area (Å²) in [5.41, 5.74) is 0. The lowest BCUT2D eigenvalue weighted by atomic mass is 9.82. The molecule has 4 unspecified atom stereocenters. The van der Waals surface area contributed by atoms with Gasteiger partial charge in [0.25, 0.3) is 0 Å². The Balaban J connectivity index is 2.60. The number of nitrogens with one attached hydrogen (secondary N) is 1. The molecule has 0 aromatic heterocycles. The number of nitrogens with zero attached hydrogens (tertiary/aromatic N) is 1. The highest BCUT2D eigenvalue weighted by molar-refractivity contribution is 4.90. The van der Waals surface area contributed by atoms with Crippen molar-refractivity contribution < 1.29 is 0 Å². The molecule has 0 aliphatic heterocycles. The molecule has 2 heteroatoms. The average molecular weight is 240 g/mol. The van der Waals surface area contributed by atoms with Crippen LogP contribution in [0, 0.1) is 5.92 Å². The van der Waals surface area contributed by atoms with Gasteiger partial charge in [-0.1, -0.05) is 27.2 Å². The lowest BCUT2D eigenvalue weighted by Crippen LogP contribution is -2.54. The van der Waals surface area contributed by atoms with Crippen molar-refractivity contribution in [3.63, 3.8) is 0 Å². The van der Waals surface area contributed by atoms with Gasteiger partial charge in [0, 0.05) is 18.1 Å². The van der Waals surface area contributed by atoms with Crippen LogP contribution in [0.5, 0.6) is 0 Å². The molecule has 1 aliphatic rings. The molecule has 0 amide bonds. The molecular formula is C15H32N2. The lowest BCUT2D eigenvalue weighted by molar-refractivity contribution is 0.0904. The smallest absolute Gasteiger partial charge is 0.0251 e. The molecule has 1 N–H and O–H groups in total. The third kappa shape index (κ3) is 4.26. The molecule has 4 atom stereocenters. The van der Waals surface area contributed by atoms with Gasteiger partial charge in [-0.25, -0.2) is 0 Å². The van der Waals surface area contributed by atoms with Crippen molar-refractivity contribution in [3.8, 4) is 0 Å². The van der Waals surface area contributed by atoms with Crippen molar-refractivity contribution in [1.82, 2.24) is 10.2 Å². The van der Waals surface area contributed by atoms with Crippen LogP contribution in [0.2, 0.25) is 0 Å². The third-order valence-corrected chi connectivity index (χ3v) is 4.47. The fourth-order valence-electron chi connectivity index (χ4n) is 3.25. The highest BCUT2D eigenvalue weighted by Crippen LogP contribution is 2.28. The minimum atomic E-state index is 0.709. The molecule has 17 heavy (non-hydrogen) atoms. The molecule has 1 fully saturated rings. The van der Waals surface area contributed by atoms with Gasteiger partial charge in [0.1, 0.15) is 0 Å². The van der Waals surface area contributed by atoms with E-state index >= 15 is 0 Å². The van der Waals surface area contributed by atoms with E-state index in [1.807, 2.05) is 0 Å². The van der Waals surface area contributed by atoms with Crippen LogP contribution in [0.15, 0.2) is 0 Å². The Kier molecular flexibility index (Phi) is 6.50. The van der Waals surface area contributed by atoms with Gasteiger partial charge in [0.15, 0.2) is 0 Å². The number of rotatable bonds is 6. The van der Waals surface area contributed by atoms with E-state index in [0.717, 1.165) is 24.5 Å². The van der Waals surface area contributed by atoms with E-state index in [0.29, 0.717) is 6.04 Å². The van der Waals surface area contributed by atoms with Gasteiger partial charge in [-0.3, -0.25) is 4.90 Å². The Morgan fingerprint density at radius 1 is 1.29 bits per heavy atom. The zero-order valence-electron chi connectivity index (χ0n) is 12.5. The topological polar surface area (TPSA) is 15.3 Å². The molecule has 1 aliphatic carbocycles. The second-order valence-corrected chi connectivity index (χ2v) is 5.95. The fraction of sp³-hybridized carbons (Fsp3) is 1.00. The Morgan fingerprint density at radius 2 is 2.00 bits per heavy atom. The molecule has 0 aromatic carbocycles. The number of hydrogen-bond donors (Lipinski definition) is 1. The van der Waals surface area contributed by atoms with Gasteiger partial charge in [-0.2, -0.15) is 0 Å². The summed E-state index contributed by atoms with van der Waals surface area (Å²) >= 11 is 0. The van der Waals surface area contributed by atoms with Crippen molar-refractivity contribution in [2.45, 2.75) is 77.9 Å². The second kappa shape index (κ2) is 7.38. The minimum absolute atomic E-state index is 0.709. The normalized spacial score (nSPS) is 31.8. The summed E-state index contributed by atoms with van der Waals surface area (Å²) in [5, 5.41) is 3.69. The van der Waals surface area contributed by atoms with E-state index < -0.39 is 0 Å². The van der Waals surface area contributed by atoms with Crippen molar-refractivity contribution >= 4 is 0 Å². The van der Waals surface area contributed by atoms with E-state index in [9.17, 15) is 0 Å². The Morgan fingerprint density at radius 3 is 2.59 bits per heavy atom. The van der Waals surface area contributed by atoms with Crippen molar-refractivity contribution in [3.05, 3.63) is 0 Å². The largest absolute Gasteiger partial charge is 0.313 e. The zero-order chi connectivity index (χ0) is 12.8. The first kappa shape index (κ1) is 15.0. The van der Waals surface area contributed by atoms with Gasteiger partial charge in [0.2, 0.25) is 0 Å². The molecule has 0 radical (unpaired) electrons. The molecule has 0 heterocycles. The van der Waals surface area contributed by atoms with Gasteiger partial charge < -0.3 is 5.32 Å². The summed E-state index contributed by atoms with van der Waals surface area (Å²) in [7, 11) is 2.33. The molecule has 0 aromatic rings. The third-order valence-electron chi connectivity index (χ3n) is 4.47. The molecule has 0 spiro atoms.